The first-order chi connectivity index (χ1) is 16.7. The second kappa shape index (κ2) is 9.63. The first kappa shape index (κ1) is 24.0. The molecule has 1 aromatic heterocycles. The average Bonchev–Trinajstić information content (AvgIpc) is 2.86. The van der Waals surface area contributed by atoms with Crippen LogP contribution in [0.3, 0.4) is 0 Å². The van der Waals surface area contributed by atoms with Crippen LogP contribution >= 0.6 is 0 Å². The largest absolute Gasteiger partial charge is 0.497 e. The number of esters is 1. The highest BCUT2D eigenvalue weighted by molar-refractivity contribution is 7.92. The number of aryl methyl sites for hydroxylation is 1. The normalized spacial score (nSPS) is 11.3. The molecule has 9 heteroatoms. The van der Waals surface area contributed by atoms with Crippen molar-refractivity contribution in [2.45, 2.75) is 18.4 Å². The summed E-state index contributed by atoms with van der Waals surface area (Å²) in [6, 6.07) is 18.8. The van der Waals surface area contributed by atoms with Crippen molar-refractivity contribution in [1.82, 2.24) is 0 Å². The molecule has 1 heterocycles. The van der Waals surface area contributed by atoms with Gasteiger partial charge in [-0.25, -0.2) is 18.0 Å². The van der Waals surface area contributed by atoms with Gasteiger partial charge in [0.25, 0.3) is 10.0 Å². The van der Waals surface area contributed by atoms with Crippen molar-refractivity contribution in [3.8, 4) is 5.75 Å². The number of ether oxygens (including phenoxy) is 2. The van der Waals surface area contributed by atoms with Crippen LogP contribution in [0.15, 0.2) is 86.9 Å². The molecular formula is C26H23NO7S. The van der Waals surface area contributed by atoms with Crippen molar-refractivity contribution in [3.05, 3.63) is 99.9 Å². The maximum absolute atomic E-state index is 13.2. The highest BCUT2D eigenvalue weighted by Gasteiger charge is 2.23. The van der Waals surface area contributed by atoms with Crippen molar-refractivity contribution in [2.24, 2.45) is 0 Å². The quantitative estimate of drug-likeness (QED) is 0.279. The van der Waals surface area contributed by atoms with Gasteiger partial charge >= 0.3 is 11.6 Å². The Morgan fingerprint density at radius 1 is 1.00 bits per heavy atom. The van der Waals surface area contributed by atoms with Gasteiger partial charge in [0.15, 0.2) is 0 Å². The predicted octanol–water partition coefficient (Wildman–Crippen LogP) is 4.29. The molecule has 0 amide bonds. The third-order valence-electron chi connectivity index (χ3n) is 5.51. The van der Waals surface area contributed by atoms with Crippen LogP contribution in [0.2, 0.25) is 0 Å². The predicted molar refractivity (Wildman–Crippen MR) is 131 cm³/mol. The van der Waals surface area contributed by atoms with Gasteiger partial charge in [-0.05, 0) is 61.0 Å². The molecule has 8 nitrogen and oxygen atoms in total. The van der Waals surface area contributed by atoms with E-state index in [1.165, 1.54) is 44.5 Å². The topological polar surface area (TPSA) is 103 Å². The molecule has 0 aliphatic heterocycles. The Balaban J connectivity index is 1.55. The zero-order chi connectivity index (χ0) is 25.2. The first-order valence-electron chi connectivity index (χ1n) is 10.6. The van der Waals surface area contributed by atoms with Crippen molar-refractivity contribution in [1.29, 1.82) is 0 Å². The van der Waals surface area contributed by atoms with Gasteiger partial charge in [-0.2, -0.15) is 0 Å². The summed E-state index contributed by atoms with van der Waals surface area (Å²) in [5, 5.41) is 0.653. The van der Waals surface area contributed by atoms with Gasteiger partial charge in [-0.3, -0.25) is 4.31 Å². The zero-order valence-electron chi connectivity index (χ0n) is 19.3. The molecule has 0 N–H and O–H groups in total. The molecule has 4 rings (SSSR count). The first-order valence-corrected chi connectivity index (χ1v) is 12.1. The lowest BCUT2D eigenvalue weighted by molar-refractivity contribution is 0.0473. The van der Waals surface area contributed by atoms with Gasteiger partial charge in [-0.1, -0.05) is 18.2 Å². The van der Waals surface area contributed by atoms with E-state index in [9.17, 15) is 18.0 Å². The number of methoxy groups -OCH3 is 1. The molecule has 35 heavy (non-hydrogen) atoms. The van der Waals surface area contributed by atoms with E-state index in [0.717, 1.165) is 9.87 Å². The van der Waals surface area contributed by atoms with Crippen LogP contribution in [0.25, 0.3) is 11.0 Å². The number of sulfonamides is 1. The van der Waals surface area contributed by atoms with E-state index in [0.29, 0.717) is 28.0 Å². The number of rotatable bonds is 7. The second-order valence-corrected chi connectivity index (χ2v) is 9.83. The van der Waals surface area contributed by atoms with Crippen LogP contribution < -0.4 is 14.7 Å². The molecule has 0 atom stereocenters. The van der Waals surface area contributed by atoms with Crippen molar-refractivity contribution < 1.29 is 27.1 Å². The van der Waals surface area contributed by atoms with Crippen molar-refractivity contribution >= 4 is 32.6 Å². The van der Waals surface area contributed by atoms with E-state index >= 15 is 0 Å². The number of carbonyl (C=O) groups is 1. The Hall–Kier alpha value is -4.11. The molecule has 0 saturated carbocycles. The third kappa shape index (κ3) is 5.04. The standard InChI is InChI=1S/C26H23NO7S/c1-17-7-12-23-19(15-25(28)34-24(23)13-17)16-33-26(29)18-5-4-6-22(14-18)35(30,31)27(2)20-8-10-21(32-3)11-9-20/h4-15H,16H2,1-3H3. The molecule has 3 aromatic carbocycles. The molecule has 0 aliphatic carbocycles. The maximum atomic E-state index is 13.2. The molecule has 0 fully saturated rings. The number of hydrogen-bond acceptors (Lipinski definition) is 7. The molecule has 4 aromatic rings. The lowest BCUT2D eigenvalue weighted by atomic mass is 10.1. The Bertz CT molecular complexity index is 1560. The van der Waals surface area contributed by atoms with Crippen LogP contribution in [0.1, 0.15) is 21.5 Å². The summed E-state index contributed by atoms with van der Waals surface area (Å²) in [4.78, 5) is 24.6. The smallest absolute Gasteiger partial charge is 0.338 e. The van der Waals surface area contributed by atoms with Gasteiger partial charge in [0.1, 0.15) is 17.9 Å². The van der Waals surface area contributed by atoms with Crippen LogP contribution in [0.4, 0.5) is 5.69 Å². The van der Waals surface area contributed by atoms with E-state index in [4.69, 9.17) is 13.9 Å². The molecule has 0 unspecified atom stereocenters. The van der Waals surface area contributed by atoms with E-state index in [1.54, 1.807) is 36.4 Å². The summed E-state index contributed by atoms with van der Waals surface area (Å²) in [5.41, 5.74) is 1.77. The van der Waals surface area contributed by atoms with Gasteiger partial charge in [0.2, 0.25) is 0 Å². The van der Waals surface area contributed by atoms with Crippen molar-refractivity contribution in [2.75, 3.05) is 18.5 Å². The minimum absolute atomic E-state index is 0.0634. The average molecular weight is 494 g/mol. The van der Waals surface area contributed by atoms with E-state index in [1.807, 2.05) is 13.0 Å². The monoisotopic (exact) mass is 493 g/mol. The Labute approximate surface area is 202 Å². The molecule has 0 aliphatic rings. The van der Waals surface area contributed by atoms with Crippen LogP contribution in [-0.2, 0) is 21.4 Å². The van der Waals surface area contributed by atoms with E-state index < -0.39 is 21.6 Å². The van der Waals surface area contributed by atoms with Crippen LogP contribution in [0, 0.1) is 6.92 Å². The molecule has 0 saturated heterocycles. The number of fused-ring (bicyclic) bond motifs is 1. The van der Waals surface area contributed by atoms with Crippen LogP contribution in [-0.4, -0.2) is 28.5 Å². The SMILES string of the molecule is COc1ccc(N(C)S(=O)(=O)c2cccc(C(=O)OCc3cc(=O)oc4cc(C)ccc34)c2)cc1. The number of hydrogen-bond donors (Lipinski definition) is 0. The lowest BCUT2D eigenvalue weighted by Gasteiger charge is -2.20. The van der Waals surface area contributed by atoms with Gasteiger partial charge in [0.05, 0.1) is 23.3 Å². The molecular weight excluding hydrogens is 470 g/mol. The maximum Gasteiger partial charge on any atom is 0.338 e. The fraction of sp³-hybridized carbons (Fsp3) is 0.154. The minimum Gasteiger partial charge on any atom is -0.497 e. The van der Waals surface area contributed by atoms with E-state index in [-0.39, 0.29) is 17.1 Å². The third-order valence-corrected chi connectivity index (χ3v) is 7.29. The summed E-state index contributed by atoms with van der Waals surface area (Å²) >= 11 is 0. The fourth-order valence-corrected chi connectivity index (χ4v) is 4.80. The summed E-state index contributed by atoms with van der Waals surface area (Å²) in [5.74, 6) is -0.119. The molecule has 0 radical (unpaired) electrons. The summed E-state index contributed by atoms with van der Waals surface area (Å²) in [7, 11) is -0.992. The number of nitrogens with zero attached hydrogens (tertiary/aromatic N) is 1. The number of anilines is 1. The highest BCUT2D eigenvalue weighted by Crippen LogP contribution is 2.25. The van der Waals surface area contributed by atoms with Gasteiger partial charge in [0, 0.05) is 24.1 Å². The minimum atomic E-state index is -3.94. The molecule has 0 bridgehead atoms. The van der Waals surface area contributed by atoms with Crippen molar-refractivity contribution in [3.63, 3.8) is 0 Å². The number of benzene rings is 3. The fourth-order valence-electron chi connectivity index (χ4n) is 3.56. The lowest BCUT2D eigenvalue weighted by Crippen LogP contribution is -2.26. The zero-order valence-corrected chi connectivity index (χ0v) is 20.2. The van der Waals surface area contributed by atoms with E-state index in [2.05, 4.69) is 0 Å². The molecule has 180 valence electrons. The highest BCUT2D eigenvalue weighted by atomic mass is 32.2. The van der Waals surface area contributed by atoms with Gasteiger partial charge in [-0.15, -0.1) is 0 Å². The van der Waals surface area contributed by atoms with Gasteiger partial charge < -0.3 is 13.9 Å². The Kier molecular flexibility index (Phi) is 6.61. The second-order valence-electron chi connectivity index (χ2n) is 7.86. The Morgan fingerprint density at radius 3 is 2.46 bits per heavy atom. The Morgan fingerprint density at radius 2 is 1.74 bits per heavy atom. The summed E-state index contributed by atoms with van der Waals surface area (Å²) < 4.78 is 43.2. The molecule has 0 spiro atoms. The van der Waals surface area contributed by atoms with Crippen LogP contribution in [0.5, 0.6) is 5.75 Å². The summed E-state index contributed by atoms with van der Waals surface area (Å²) in [6.07, 6.45) is 0. The number of carbonyl (C=O) groups excluding carboxylic acids is 1. The summed E-state index contributed by atoms with van der Waals surface area (Å²) in [6.45, 7) is 1.70.